The largest absolute Gasteiger partial charge is 0.391 e. The van der Waals surface area contributed by atoms with Crippen LogP contribution in [0.5, 0.6) is 0 Å². The highest BCUT2D eigenvalue weighted by atomic mass is 79.9. The molecule has 0 saturated heterocycles. The molecular formula is C13H18BrNO2. The lowest BCUT2D eigenvalue weighted by molar-refractivity contribution is 0.0709. The molecule has 1 rings (SSSR count). The van der Waals surface area contributed by atoms with Crippen molar-refractivity contribution in [1.29, 1.82) is 0 Å². The summed E-state index contributed by atoms with van der Waals surface area (Å²) in [6.45, 7) is 7.20. The van der Waals surface area contributed by atoms with Crippen LogP contribution in [0.1, 0.15) is 36.7 Å². The Morgan fingerprint density at radius 1 is 1.47 bits per heavy atom. The first-order valence-electron chi connectivity index (χ1n) is 5.51. The molecule has 0 spiro atoms. The van der Waals surface area contributed by atoms with E-state index in [2.05, 4.69) is 21.2 Å². The van der Waals surface area contributed by atoms with E-state index in [1.54, 1.807) is 32.9 Å². The minimum absolute atomic E-state index is 0.184. The zero-order valence-corrected chi connectivity index (χ0v) is 12.1. The van der Waals surface area contributed by atoms with Gasteiger partial charge < -0.3 is 10.4 Å². The summed E-state index contributed by atoms with van der Waals surface area (Å²) in [7, 11) is 0. The van der Waals surface area contributed by atoms with E-state index >= 15 is 0 Å². The third-order valence-electron chi connectivity index (χ3n) is 2.91. The van der Waals surface area contributed by atoms with Gasteiger partial charge in [0, 0.05) is 10.0 Å². The van der Waals surface area contributed by atoms with Gasteiger partial charge in [-0.1, -0.05) is 22.0 Å². The highest BCUT2D eigenvalue weighted by Crippen LogP contribution is 2.18. The van der Waals surface area contributed by atoms with Gasteiger partial charge in [0.1, 0.15) is 0 Å². The molecule has 0 aromatic heterocycles. The molecule has 0 aliphatic rings. The van der Waals surface area contributed by atoms with Crippen molar-refractivity contribution in [2.75, 3.05) is 0 Å². The molecule has 1 aromatic carbocycles. The predicted octanol–water partition coefficient (Wildman–Crippen LogP) is 2.65. The number of hydrogen-bond acceptors (Lipinski definition) is 2. The number of aliphatic hydroxyl groups is 1. The molecule has 1 amide bonds. The lowest BCUT2D eigenvalue weighted by Gasteiger charge is -2.29. The van der Waals surface area contributed by atoms with E-state index in [0.717, 1.165) is 10.0 Å². The Labute approximate surface area is 110 Å². The molecule has 4 heteroatoms. The molecule has 3 nitrogen and oxygen atoms in total. The van der Waals surface area contributed by atoms with Gasteiger partial charge in [-0.25, -0.2) is 0 Å². The quantitative estimate of drug-likeness (QED) is 0.901. The van der Waals surface area contributed by atoms with Crippen LogP contribution < -0.4 is 5.32 Å². The topological polar surface area (TPSA) is 49.3 Å². The first-order chi connectivity index (χ1) is 7.74. The van der Waals surface area contributed by atoms with Crippen molar-refractivity contribution < 1.29 is 9.90 Å². The molecule has 0 radical (unpaired) electrons. The summed E-state index contributed by atoms with van der Waals surface area (Å²) in [5, 5.41) is 12.4. The van der Waals surface area contributed by atoms with Crippen molar-refractivity contribution in [3.63, 3.8) is 0 Å². The van der Waals surface area contributed by atoms with E-state index < -0.39 is 11.6 Å². The standard InChI is InChI=1S/C13H18BrNO2/c1-8-5-6-10(7-11(8)14)12(17)15-13(3,4)9(2)16/h5-7,9,16H,1-4H3,(H,15,17). The van der Waals surface area contributed by atoms with Gasteiger partial charge in [0.2, 0.25) is 0 Å². The monoisotopic (exact) mass is 299 g/mol. The first-order valence-corrected chi connectivity index (χ1v) is 6.30. The third-order valence-corrected chi connectivity index (χ3v) is 3.77. The number of aliphatic hydroxyl groups excluding tert-OH is 1. The van der Waals surface area contributed by atoms with Gasteiger partial charge in [-0.3, -0.25) is 4.79 Å². The van der Waals surface area contributed by atoms with E-state index in [0.29, 0.717) is 5.56 Å². The fraction of sp³-hybridized carbons (Fsp3) is 0.462. The summed E-state index contributed by atoms with van der Waals surface area (Å²) in [5.74, 6) is -0.184. The van der Waals surface area contributed by atoms with Crippen LogP contribution in [0.3, 0.4) is 0 Å². The Hall–Kier alpha value is -0.870. The Kier molecular flexibility index (Phi) is 4.33. The molecule has 0 aliphatic heterocycles. The van der Waals surface area contributed by atoms with Crippen LogP contribution in [0.2, 0.25) is 0 Å². The number of rotatable bonds is 3. The summed E-state index contributed by atoms with van der Waals surface area (Å²) in [5.41, 5.74) is 1.02. The molecule has 1 atom stereocenters. The molecule has 1 unspecified atom stereocenters. The van der Waals surface area contributed by atoms with Crippen LogP contribution in [0.15, 0.2) is 22.7 Å². The number of halogens is 1. The highest BCUT2D eigenvalue weighted by molar-refractivity contribution is 9.10. The maximum Gasteiger partial charge on any atom is 0.251 e. The van der Waals surface area contributed by atoms with Gasteiger partial charge in [0.25, 0.3) is 5.91 Å². The molecule has 17 heavy (non-hydrogen) atoms. The SMILES string of the molecule is Cc1ccc(C(=O)NC(C)(C)C(C)O)cc1Br. The molecule has 2 N–H and O–H groups in total. The van der Waals surface area contributed by atoms with E-state index in [-0.39, 0.29) is 5.91 Å². The lowest BCUT2D eigenvalue weighted by Crippen LogP contribution is -2.50. The smallest absolute Gasteiger partial charge is 0.251 e. The molecule has 0 fully saturated rings. The second-order valence-electron chi connectivity index (χ2n) is 4.82. The van der Waals surface area contributed by atoms with Crippen LogP contribution in [0.25, 0.3) is 0 Å². The summed E-state index contributed by atoms with van der Waals surface area (Å²) in [6.07, 6.45) is -0.611. The molecule has 0 saturated carbocycles. The number of hydrogen-bond donors (Lipinski definition) is 2. The normalized spacial score (nSPS) is 13.3. The van der Waals surface area contributed by atoms with Gasteiger partial charge >= 0.3 is 0 Å². The molecular weight excluding hydrogens is 282 g/mol. The number of amides is 1. The van der Waals surface area contributed by atoms with Crippen molar-refractivity contribution in [3.05, 3.63) is 33.8 Å². The molecule has 0 bridgehead atoms. The van der Waals surface area contributed by atoms with Gasteiger partial charge in [-0.2, -0.15) is 0 Å². The second-order valence-corrected chi connectivity index (χ2v) is 5.67. The lowest BCUT2D eigenvalue weighted by atomic mass is 9.98. The highest BCUT2D eigenvalue weighted by Gasteiger charge is 2.26. The Morgan fingerprint density at radius 2 is 2.06 bits per heavy atom. The van der Waals surface area contributed by atoms with Crippen molar-refractivity contribution >= 4 is 21.8 Å². The van der Waals surface area contributed by atoms with Crippen LogP contribution in [-0.4, -0.2) is 22.7 Å². The number of nitrogens with one attached hydrogen (secondary N) is 1. The van der Waals surface area contributed by atoms with Crippen molar-refractivity contribution in [2.45, 2.75) is 39.3 Å². The van der Waals surface area contributed by atoms with Crippen LogP contribution in [0, 0.1) is 6.92 Å². The number of carbonyl (C=O) groups excluding carboxylic acids is 1. The van der Waals surface area contributed by atoms with E-state index in [1.165, 1.54) is 0 Å². The minimum atomic E-state index is -0.644. The maximum atomic E-state index is 12.0. The van der Waals surface area contributed by atoms with E-state index in [1.807, 2.05) is 13.0 Å². The fourth-order valence-electron chi connectivity index (χ4n) is 1.20. The minimum Gasteiger partial charge on any atom is -0.391 e. The zero-order chi connectivity index (χ0) is 13.2. The average molecular weight is 300 g/mol. The number of benzene rings is 1. The second kappa shape index (κ2) is 5.19. The zero-order valence-electron chi connectivity index (χ0n) is 10.5. The molecule has 0 heterocycles. The fourth-order valence-corrected chi connectivity index (χ4v) is 1.58. The van der Waals surface area contributed by atoms with Crippen LogP contribution in [0.4, 0.5) is 0 Å². The summed E-state index contributed by atoms with van der Waals surface area (Å²) in [4.78, 5) is 12.0. The van der Waals surface area contributed by atoms with Crippen molar-refractivity contribution in [3.8, 4) is 0 Å². The summed E-state index contributed by atoms with van der Waals surface area (Å²) < 4.78 is 0.903. The Bertz CT molecular complexity index is 427. The van der Waals surface area contributed by atoms with Crippen molar-refractivity contribution in [1.82, 2.24) is 5.32 Å². The third kappa shape index (κ3) is 3.54. The predicted molar refractivity (Wildman–Crippen MR) is 72.1 cm³/mol. The molecule has 0 aliphatic carbocycles. The van der Waals surface area contributed by atoms with Gasteiger partial charge in [0.15, 0.2) is 0 Å². The van der Waals surface area contributed by atoms with Crippen molar-refractivity contribution in [2.24, 2.45) is 0 Å². The van der Waals surface area contributed by atoms with Crippen LogP contribution in [-0.2, 0) is 0 Å². The first kappa shape index (κ1) is 14.2. The van der Waals surface area contributed by atoms with E-state index in [4.69, 9.17) is 0 Å². The number of aryl methyl sites for hydroxylation is 1. The average Bonchev–Trinajstić information content (AvgIpc) is 2.21. The Morgan fingerprint density at radius 3 is 2.53 bits per heavy atom. The van der Waals surface area contributed by atoms with Gasteiger partial charge in [0.05, 0.1) is 11.6 Å². The summed E-state index contributed by atoms with van der Waals surface area (Å²) in [6, 6.07) is 5.44. The van der Waals surface area contributed by atoms with E-state index in [9.17, 15) is 9.90 Å². The Balaban J connectivity index is 2.87. The van der Waals surface area contributed by atoms with Gasteiger partial charge in [-0.05, 0) is 45.4 Å². The maximum absolute atomic E-state index is 12.0. The molecule has 94 valence electrons. The summed E-state index contributed by atoms with van der Waals surface area (Å²) >= 11 is 3.39. The van der Waals surface area contributed by atoms with Gasteiger partial charge in [-0.15, -0.1) is 0 Å². The number of carbonyl (C=O) groups is 1. The van der Waals surface area contributed by atoms with Crippen LogP contribution >= 0.6 is 15.9 Å². The molecule has 1 aromatic rings.